The van der Waals surface area contributed by atoms with Crippen LogP contribution in [0.2, 0.25) is 0 Å². The minimum atomic E-state index is -0.0892. The largest absolute Gasteiger partial charge is 0.484 e. The van der Waals surface area contributed by atoms with Crippen LogP contribution in [0.15, 0.2) is 24.3 Å². The van der Waals surface area contributed by atoms with Crippen molar-refractivity contribution < 1.29 is 14.3 Å². The lowest BCUT2D eigenvalue weighted by Gasteiger charge is -2.08. The van der Waals surface area contributed by atoms with Crippen molar-refractivity contribution in [3.63, 3.8) is 0 Å². The van der Waals surface area contributed by atoms with E-state index >= 15 is 0 Å². The van der Waals surface area contributed by atoms with Crippen LogP contribution in [0.5, 0.6) is 5.75 Å². The lowest BCUT2D eigenvalue weighted by molar-refractivity contribution is -0.123. The SMILES string of the molecule is Cc1cccc(OCC(=O)NCCCOCC2CC2)c1. The van der Waals surface area contributed by atoms with Gasteiger partial charge < -0.3 is 14.8 Å². The summed E-state index contributed by atoms with van der Waals surface area (Å²) in [5.41, 5.74) is 1.12. The molecule has 1 aromatic carbocycles. The Labute approximate surface area is 120 Å². The van der Waals surface area contributed by atoms with Gasteiger partial charge in [-0.25, -0.2) is 0 Å². The van der Waals surface area contributed by atoms with Crippen molar-refractivity contribution in [3.8, 4) is 5.75 Å². The number of benzene rings is 1. The fourth-order valence-corrected chi connectivity index (χ4v) is 1.84. The topological polar surface area (TPSA) is 47.6 Å². The first-order valence-electron chi connectivity index (χ1n) is 7.28. The molecule has 0 unspecified atom stereocenters. The Balaban J connectivity index is 1.49. The minimum Gasteiger partial charge on any atom is -0.484 e. The number of hydrogen-bond donors (Lipinski definition) is 1. The number of carbonyl (C=O) groups is 1. The number of amides is 1. The Bertz CT molecular complexity index is 429. The summed E-state index contributed by atoms with van der Waals surface area (Å²) in [7, 11) is 0. The zero-order chi connectivity index (χ0) is 14.2. The van der Waals surface area contributed by atoms with E-state index in [4.69, 9.17) is 9.47 Å². The highest BCUT2D eigenvalue weighted by Gasteiger charge is 2.20. The van der Waals surface area contributed by atoms with Crippen LogP contribution in [-0.2, 0) is 9.53 Å². The molecule has 20 heavy (non-hydrogen) atoms. The number of ether oxygens (including phenoxy) is 2. The van der Waals surface area contributed by atoms with Gasteiger partial charge in [0.05, 0.1) is 0 Å². The highest BCUT2D eigenvalue weighted by atomic mass is 16.5. The van der Waals surface area contributed by atoms with E-state index < -0.39 is 0 Å². The zero-order valence-electron chi connectivity index (χ0n) is 12.1. The van der Waals surface area contributed by atoms with Crippen molar-refractivity contribution in [2.45, 2.75) is 26.2 Å². The van der Waals surface area contributed by atoms with Gasteiger partial charge in [0.25, 0.3) is 5.91 Å². The predicted molar refractivity (Wildman–Crippen MR) is 77.8 cm³/mol. The van der Waals surface area contributed by atoms with E-state index in [-0.39, 0.29) is 12.5 Å². The Morgan fingerprint density at radius 3 is 3.00 bits per heavy atom. The summed E-state index contributed by atoms with van der Waals surface area (Å²) in [6, 6.07) is 7.68. The van der Waals surface area contributed by atoms with Gasteiger partial charge >= 0.3 is 0 Å². The molecule has 0 saturated heterocycles. The van der Waals surface area contributed by atoms with Crippen molar-refractivity contribution in [1.29, 1.82) is 0 Å². The third-order valence-corrected chi connectivity index (χ3v) is 3.20. The summed E-state index contributed by atoms with van der Waals surface area (Å²) in [4.78, 5) is 11.6. The maximum Gasteiger partial charge on any atom is 0.257 e. The molecule has 1 amide bonds. The number of nitrogens with one attached hydrogen (secondary N) is 1. The highest BCUT2D eigenvalue weighted by Crippen LogP contribution is 2.28. The first-order chi connectivity index (χ1) is 9.74. The van der Waals surface area contributed by atoms with Crippen molar-refractivity contribution in [2.24, 2.45) is 5.92 Å². The fourth-order valence-electron chi connectivity index (χ4n) is 1.84. The van der Waals surface area contributed by atoms with Crippen LogP contribution in [0.25, 0.3) is 0 Å². The molecule has 0 radical (unpaired) electrons. The Morgan fingerprint density at radius 2 is 2.25 bits per heavy atom. The van der Waals surface area contributed by atoms with Crippen LogP contribution < -0.4 is 10.1 Å². The molecule has 110 valence electrons. The normalized spacial score (nSPS) is 14.1. The molecule has 1 saturated carbocycles. The van der Waals surface area contributed by atoms with Gasteiger partial charge in [0.1, 0.15) is 5.75 Å². The smallest absolute Gasteiger partial charge is 0.257 e. The van der Waals surface area contributed by atoms with Crippen LogP contribution in [0.4, 0.5) is 0 Å². The van der Waals surface area contributed by atoms with Gasteiger partial charge in [-0.3, -0.25) is 4.79 Å². The summed E-state index contributed by atoms with van der Waals surface area (Å²) in [5, 5.41) is 2.83. The van der Waals surface area contributed by atoms with E-state index in [1.54, 1.807) is 0 Å². The second-order valence-corrected chi connectivity index (χ2v) is 5.33. The van der Waals surface area contributed by atoms with E-state index in [0.29, 0.717) is 6.54 Å². The van der Waals surface area contributed by atoms with E-state index in [2.05, 4.69) is 5.32 Å². The molecule has 0 bridgehead atoms. The minimum absolute atomic E-state index is 0.0619. The second-order valence-electron chi connectivity index (χ2n) is 5.33. The molecule has 1 aliphatic rings. The highest BCUT2D eigenvalue weighted by molar-refractivity contribution is 5.77. The van der Waals surface area contributed by atoms with Crippen molar-refractivity contribution in [3.05, 3.63) is 29.8 Å². The number of hydrogen-bond acceptors (Lipinski definition) is 3. The van der Waals surface area contributed by atoms with Gasteiger partial charge in [0.2, 0.25) is 0 Å². The second kappa shape index (κ2) is 7.90. The van der Waals surface area contributed by atoms with Crippen LogP contribution in [-0.4, -0.2) is 32.3 Å². The van der Waals surface area contributed by atoms with E-state index in [1.165, 1.54) is 12.8 Å². The van der Waals surface area contributed by atoms with Gasteiger partial charge in [0, 0.05) is 19.8 Å². The number of carbonyl (C=O) groups excluding carboxylic acids is 1. The van der Waals surface area contributed by atoms with Crippen LogP contribution in [0, 0.1) is 12.8 Å². The maximum atomic E-state index is 11.6. The maximum absolute atomic E-state index is 11.6. The molecular formula is C16H23NO3. The quantitative estimate of drug-likeness (QED) is 0.705. The molecule has 0 atom stereocenters. The third kappa shape index (κ3) is 6.06. The Hall–Kier alpha value is -1.55. The molecule has 2 rings (SSSR count). The summed E-state index contributed by atoms with van der Waals surface area (Å²) < 4.78 is 10.9. The molecule has 0 aromatic heterocycles. The van der Waals surface area contributed by atoms with Gasteiger partial charge in [-0.1, -0.05) is 12.1 Å². The molecule has 1 aromatic rings. The van der Waals surface area contributed by atoms with Crippen molar-refractivity contribution in [2.75, 3.05) is 26.4 Å². The summed E-state index contributed by atoms with van der Waals surface area (Å²) >= 11 is 0. The summed E-state index contributed by atoms with van der Waals surface area (Å²) in [5.74, 6) is 1.44. The van der Waals surface area contributed by atoms with Crippen molar-refractivity contribution >= 4 is 5.91 Å². The molecule has 0 heterocycles. The molecule has 0 aliphatic heterocycles. The zero-order valence-corrected chi connectivity index (χ0v) is 12.1. The Morgan fingerprint density at radius 1 is 1.40 bits per heavy atom. The molecule has 0 spiro atoms. The van der Waals surface area contributed by atoms with E-state index in [1.807, 2.05) is 31.2 Å². The standard InChI is InChI=1S/C16H23NO3/c1-13-4-2-5-15(10-13)20-12-16(18)17-8-3-9-19-11-14-6-7-14/h2,4-5,10,14H,3,6-9,11-12H2,1H3,(H,17,18). The average molecular weight is 277 g/mol. The molecular weight excluding hydrogens is 254 g/mol. The first kappa shape index (κ1) is 14.9. The molecule has 1 N–H and O–H groups in total. The van der Waals surface area contributed by atoms with Crippen LogP contribution >= 0.6 is 0 Å². The molecule has 4 heteroatoms. The van der Waals surface area contributed by atoms with Crippen LogP contribution in [0.3, 0.4) is 0 Å². The molecule has 4 nitrogen and oxygen atoms in total. The summed E-state index contributed by atoms with van der Waals surface area (Å²) in [6.07, 6.45) is 3.48. The third-order valence-electron chi connectivity index (χ3n) is 3.20. The number of aryl methyl sites for hydroxylation is 1. The first-order valence-corrected chi connectivity index (χ1v) is 7.28. The van der Waals surface area contributed by atoms with Gasteiger partial charge in [-0.15, -0.1) is 0 Å². The van der Waals surface area contributed by atoms with E-state index in [9.17, 15) is 4.79 Å². The van der Waals surface area contributed by atoms with Gasteiger partial charge in [0.15, 0.2) is 6.61 Å². The summed E-state index contributed by atoms with van der Waals surface area (Å²) in [6.45, 7) is 4.29. The predicted octanol–water partition coefficient (Wildman–Crippen LogP) is 2.31. The fraction of sp³-hybridized carbons (Fsp3) is 0.562. The van der Waals surface area contributed by atoms with Gasteiger partial charge in [-0.2, -0.15) is 0 Å². The van der Waals surface area contributed by atoms with Crippen molar-refractivity contribution in [1.82, 2.24) is 5.32 Å². The molecule has 1 fully saturated rings. The Kier molecular flexibility index (Phi) is 5.87. The molecule has 1 aliphatic carbocycles. The van der Waals surface area contributed by atoms with Gasteiger partial charge in [-0.05, 0) is 49.8 Å². The average Bonchev–Trinajstić information content (AvgIpc) is 3.24. The lowest BCUT2D eigenvalue weighted by Crippen LogP contribution is -2.30. The number of rotatable bonds is 9. The van der Waals surface area contributed by atoms with Crippen LogP contribution in [0.1, 0.15) is 24.8 Å². The lowest BCUT2D eigenvalue weighted by atomic mass is 10.2. The monoisotopic (exact) mass is 277 g/mol. The van der Waals surface area contributed by atoms with E-state index in [0.717, 1.165) is 36.9 Å².